The van der Waals surface area contributed by atoms with E-state index in [1.165, 1.54) is 24.3 Å². The Kier molecular flexibility index (Phi) is 5.88. The van der Waals surface area contributed by atoms with E-state index in [1.54, 1.807) is 0 Å². The Morgan fingerprint density at radius 2 is 2.00 bits per heavy atom. The lowest BCUT2D eigenvalue weighted by molar-refractivity contribution is -0.247. The third kappa shape index (κ3) is 4.14. The molecule has 0 bridgehead atoms. The van der Waals surface area contributed by atoms with Crippen LogP contribution in [0.2, 0.25) is 0 Å². The van der Waals surface area contributed by atoms with E-state index in [4.69, 9.17) is 5.11 Å². The smallest absolute Gasteiger partial charge is 0.422 e. The van der Waals surface area contributed by atoms with Crippen LogP contribution < -0.4 is 0 Å². The van der Waals surface area contributed by atoms with Gasteiger partial charge < -0.3 is 10.2 Å². The Morgan fingerprint density at radius 3 is 2.62 bits per heavy atom. The van der Waals surface area contributed by atoms with E-state index in [0.717, 1.165) is 12.2 Å². The predicted molar refractivity (Wildman–Crippen MR) is 87.4 cm³/mol. The highest BCUT2D eigenvalue weighted by Gasteiger charge is 2.56. The van der Waals surface area contributed by atoms with Crippen LogP contribution in [0.1, 0.15) is 27.9 Å². The maximum atomic E-state index is 13.2. The summed E-state index contributed by atoms with van der Waals surface area (Å²) in [4.78, 5) is 11.1. The molecule has 0 saturated heterocycles. The van der Waals surface area contributed by atoms with Crippen molar-refractivity contribution in [1.82, 2.24) is 0 Å². The van der Waals surface area contributed by atoms with Crippen LogP contribution in [0.4, 0.5) is 17.6 Å². The van der Waals surface area contributed by atoms with Crippen LogP contribution in [-0.2, 0) is 6.42 Å². The average Bonchev–Trinajstić information content (AvgIpc) is 2.58. The number of allylic oxidation sites excluding steroid dienone is 2. The summed E-state index contributed by atoms with van der Waals surface area (Å²) in [6.45, 7) is -0.617. The van der Waals surface area contributed by atoms with Crippen molar-refractivity contribution in [3.05, 3.63) is 59.2 Å². The van der Waals surface area contributed by atoms with Crippen molar-refractivity contribution >= 4 is 5.97 Å². The lowest BCUT2D eigenvalue weighted by Crippen LogP contribution is -2.49. The van der Waals surface area contributed by atoms with Gasteiger partial charge in [0.2, 0.25) is 0 Å². The summed E-state index contributed by atoms with van der Waals surface area (Å²) in [6, 6.07) is 3.98. The van der Waals surface area contributed by atoms with Gasteiger partial charge in [-0.05, 0) is 42.7 Å². The number of halogens is 4. The molecule has 0 aliphatic heterocycles. The zero-order valence-electron chi connectivity index (χ0n) is 13.6. The molecule has 3 nitrogen and oxygen atoms in total. The van der Waals surface area contributed by atoms with Crippen molar-refractivity contribution in [2.75, 3.05) is 6.67 Å². The molecule has 0 spiro atoms. The zero-order valence-corrected chi connectivity index (χ0v) is 13.6. The van der Waals surface area contributed by atoms with Crippen LogP contribution in [0.3, 0.4) is 0 Å². The molecule has 2 rings (SSSR count). The fourth-order valence-corrected chi connectivity index (χ4v) is 2.53. The summed E-state index contributed by atoms with van der Waals surface area (Å²) >= 11 is 0. The summed E-state index contributed by atoms with van der Waals surface area (Å²) in [5, 5.41) is 19.0. The molecule has 0 heterocycles. The van der Waals surface area contributed by atoms with Crippen LogP contribution in [0.5, 0.6) is 0 Å². The summed E-state index contributed by atoms with van der Waals surface area (Å²) in [7, 11) is 0. The molecule has 26 heavy (non-hydrogen) atoms. The van der Waals surface area contributed by atoms with Crippen molar-refractivity contribution in [3.63, 3.8) is 0 Å². The Hall–Kier alpha value is -2.59. The van der Waals surface area contributed by atoms with E-state index in [9.17, 15) is 27.5 Å². The number of hydrogen-bond donors (Lipinski definition) is 2. The summed E-state index contributed by atoms with van der Waals surface area (Å²) in [6.07, 6.45) is -0.325. The largest absolute Gasteiger partial charge is 0.478 e. The Balaban J connectivity index is 2.40. The molecule has 138 valence electrons. The van der Waals surface area contributed by atoms with E-state index >= 15 is 0 Å². The van der Waals surface area contributed by atoms with Gasteiger partial charge in [-0.15, -0.1) is 0 Å². The van der Waals surface area contributed by atoms with E-state index in [0.29, 0.717) is 17.2 Å². The lowest BCUT2D eigenvalue weighted by atomic mass is 9.83. The lowest BCUT2D eigenvalue weighted by Gasteiger charge is -2.32. The molecule has 0 radical (unpaired) electrons. The number of hydrogen-bond acceptors (Lipinski definition) is 2. The van der Waals surface area contributed by atoms with Crippen molar-refractivity contribution in [1.29, 1.82) is 0 Å². The molecule has 2 atom stereocenters. The summed E-state index contributed by atoms with van der Waals surface area (Å²) < 4.78 is 52.0. The quantitative estimate of drug-likeness (QED) is 0.630. The molecule has 0 fully saturated rings. The molecule has 1 aromatic rings. The molecular formula is C19H16F4O3. The second-order valence-electron chi connectivity index (χ2n) is 5.78. The number of aryl methyl sites for hydroxylation is 1. The molecule has 0 saturated carbocycles. The van der Waals surface area contributed by atoms with Crippen molar-refractivity contribution in [2.24, 2.45) is 5.92 Å². The van der Waals surface area contributed by atoms with Gasteiger partial charge in [-0.3, -0.25) is 4.39 Å². The number of rotatable bonds is 4. The molecule has 7 heteroatoms. The first-order chi connectivity index (χ1) is 12.2. The highest BCUT2D eigenvalue weighted by atomic mass is 19.4. The molecule has 1 aromatic carbocycles. The van der Waals surface area contributed by atoms with Crippen LogP contribution in [0.25, 0.3) is 0 Å². The first kappa shape index (κ1) is 19.7. The van der Waals surface area contributed by atoms with Gasteiger partial charge in [0.1, 0.15) is 0 Å². The third-order valence-corrected chi connectivity index (χ3v) is 3.99. The minimum Gasteiger partial charge on any atom is -0.478 e. The zero-order chi connectivity index (χ0) is 19.4. The standard InChI is InChI=1S/C19H16F4O3/c20-11-3-4-14-12-15(17(24)25)7-6-13(14)8-9-16-5-1-2-10-18(16,26)19(21,22)23/h1-2,5-7,10,12,16,26H,3-4,11H2,(H,24,25). The summed E-state index contributed by atoms with van der Waals surface area (Å²) in [5.41, 5.74) is -2.39. The van der Waals surface area contributed by atoms with Gasteiger partial charge in [0.15, 0.2) is 5.60 Å². The number of carbonyl (C=O) groups is 1. The van der Waals surface area contributed by atoms with Gasteiger partial charge in [-0.25, -0.2) is 4.79 Å². The Labute approximate surface area is 147 Å². The first-order valence-electron chi connectivity index (χ1n) is 7.78. The Morgan fingerprint density at radius 1 is 1.27 bits per heavy atom. The van der Waals surface area contributed by atoms with Crippen molar-refractivity contribution in [3.8, 4) is 11.8 Å². The second-order valence-corrected chi connectivity index (χ2v) is 5.78. The first-order valence-corrected chi connectivity index (χ1v) is 7.78. The average molecular weight is 368 g/mol. The van der Waals surface area contributed by atoms with E-state index < -0.39 is 30.3 Å². The molecular weight excluding hydrogens is 352 g/mol. The second kappa shape index (κ2) is 7.75. The SMILES string of the molecule is O=C(O)c1ccc(C#CC2C=CC=CC2(O)C(F)(F)F)c(CCCF)c1. The molecule has 0 aromatic heterocycles. The molecule has 1 aliphatic rings. The van der Waals surface area contributed by atoms with Gasteiger partial charge in [0.05, 0.1) is 18.2 Å². The number of aliphatic hydroxyl groups is 1. The summed E-state index contributed by atoms with van der Waals surface area (Å²) in [5.74, 6) is 2.29. The van der Waals surface area contributed by atoms with Crippen molar-refractivity contribution < 1.29 is 32.6 Å². The third-order valence-electron chi connectivity index (χ3n) is 3.99. The van der Waals surface area contributed by atoms with Gasteiger partial charge in [-0.2, -0.15) is 13.2 Å². The molecule has 0 amide bonds. The van der Waals surface area contributed by atoms with E-state index in [-0.39, 0.29) is 18.4 Å². The van der Waals surface area contributed by atoms with Crippen LogP contribution >= 0.6 is 0 Å². The number of carboxylic acids is 1. The highest BCUT2D eigenvalue weighted by Crippen LogP contribution is 2.39. The minimum absolute atomic E-state index is 0.0169. The van der Waals surface area contributed by atoms with Crippen LogP contribution in [0, 0.1) is 17.8 Å². The van der Waals surface area contributed by atoms with Gasteiger partial charge in [0, 0.05) is 5.56 Å². The fraction of sp³-hybridized carbons (Fsp3) is 0.316. The van der Waals surface area contributed by atoms with Gasteiger partial charge in [0.25, 0.3) is 0 Å². The maximum absolute atomic E-state index is 13.2. The number of alkyl halides is 4. The Bertz CT molecular complexity index is 799. The maximum Gasteiger partial charge on any atom is 0.422 e. The fourth-order valence-electron chi connectivity index (χ4n) is 2.53. The predicted octanol–water partition coefficient (Wildman–Crippen LogP) is 3.67. The number of carboxylic acid groups (broad SMARTS) is 1. The highest BCUT2D eigenvalue weighted by molar-refractivity contribution is 5.88. The van der Waals surface area contributed by atoms with Gasteiger partial charge >= 0.3 is 12.1 Å². The normalized spacial score (nSPS) is 22.0. The molecule has 2 unspecified atom stereocenters. The minimum atomic E-state index is -4.90. The molecule has 1 aliphatic carbocycles. The monoisotopic (exact) mass is 368 g/mol. The van der Waals surface area contributed by atoms with Crippen molar-refractivity contribution in [2.45, 2.75) is 24.6 Å². The topological polar surface area (TPSA) is 57.5 Å². The van der Waals surface area contributed by atoms with E-state index in [1.807, 2.05) is 0 Å². The van der Waals surface area contributed by atoms with Crippen LogP contribution in [-0.4, -0.2) is 34.6 Å². The number of benzene rings is 1. The van der Waals surface area contributed by atoms with Crippen LogP contribution in [0.15, 0.2) is 42.5 Å². The van der Waals surface area contributed by atoms with E-state index in [2.05, 4.69) is 11.8 Å². The number of aromatic carboxylic acids is 1. The molecule has 2 N–H and O–H groups in total. The van der Waals surface area contributed by atoms with Gasteiger partial charge in [-0.1, -0.05) is 30.1 Å².